The van der Waals surface area contributed by atoms with E-state index < -0.39 is 0 Å². The third kappa shape index (κ3) is 4.17. The third-order valence-electron chi connectivity index (χ3n) is 2.06. The summed E-state index contributed by atoms with van der Waals surface area (Å²) in [5.41, 5.74) is 0.225. The van der Waals surface area contributed by atoms with Gasteiger partial charge in [-0.15, -0.1) is 6.58 Å². The van der Waals surface area contributed by atoms with E-state index in [1.807, 2.05) is 6.08 Å². The highest BCUT2D eigenvalue weighted by atomic mass is 15.2. The molecule has 0 radical (unpaired) electrons. The standard InChI is InChI=1S/C9H20N2/c1-6-7-10-8-9(2,3)11(4)5/h6,10H,1,7-8H2,2-5H3. The Morgan fingerprint density at radius 1 is 1.45 bits per heavy atom. The van der Waals surface area contributed by atoms with E-state index in [-0.39, 0.29) is 5.54 Å². The van der Waals surface area contributed by atoms with Crippen LogP contribution in [0.4, 0.5) is 0 Å². The van der Waals surface area contributed by atoms with Gasteiger partial charge in [0.25, 0.3) is 0 Å². The average Bonchev–Trinajstić information content (AvgIpc) is 1.88. The number of rotatable bonds is 5. The van der Waals surface area contributed by atoms with Gasteiger partial charge >= 0.3 is 0 Å². The lowest BCUT2D eigenvalue weighted by molar-refractivity contribution is 0.192. The predicted octanol–water partition coefficient (Wildman–Crippen LogP) is 1.10. The summed E-state index contributed by atoms with van der Waals surface area (Å²) in [5, 5.41) is 3.30. The lowest BCUT2D eigenvalue weighted by atomic mass is 10.0. The molecule has 66 valence electrons. The van der Waals surface area contributed by atoms with Crippen LogP contribution in [-0.2, 0) is 0 Å². The summed E-state index contributed by atoms with van der Waals surface area (Å²) in [4.78, 5) is 2.21. The molecule has 0 saturated heterocycles. The van der Waals surface area contributed by atoms with Gasteiger partial charge in [-0.3, -0.25) is 0 Å². The lowest BCUT2D eigenvalue weighted by Gasteiger charge is -2.32. The van der Waals surface area contributed by atoms with Gasteiger partial charge in [-0.25, -0.2) is 0 Å². The maximum atomic E-state index is 3.65. The fourth-order valence-corrected chi connectivity index (χ4v) is 0.638. The largest absolute Gasteiger partial charge is 0.311 e. The van der Waals surface area contributed by atoms with Gasteiger partial charge in [0.2, 0.25) is 0 Å². The summed E-state index contributed by atoms with van der Waals surface area (Å²) < 4.78 is 0. The van der Waals surface area contributed by atoms with Crippen LogP contribution in [0.1, 0.15) is 13.8 Å². The molecule has 0 aliphatic rings. The highest BCUT2D eigenvalue weighted by Gasteiger charge is 2.18. The van der Waals surface area contributed by atoms with Gasteiger partial charge in [-0.1, -0.05) is 6.08 Å². The Morgan fingerprint density at radius 3 is 2.36 bits per heavy atom. The van der Waals surface area contributed by atoms with E-state index in [1.54, 1.807) is 0 Å². The van der Waals surface area contributed by atoms with E-state index in [0.29, 0.717) is 0 Å². The molecule has 0 aliphatic heterocycles. The first-order chi connectivity index (χ1) is 5.00. The maximum absolute atomic E-state index is 3.65. The molecule has 0 fully saturated rings. The maximum Gasteiger partial charge on any atom is 0.0271 e. The molecule has 0 aromatic carbocycles. The van der Waals surface area contributed by atoms with Gasteiger partial charge in [0.15, 0.2) is 0 Å². The van der Waals surface area contributed by atoms with Crippen LogP contribution in [0.3, 0.4) is 0 Å². The van der Waals surface area contributed by atoms with Crippen molar-refractivity contribution in [3.63, 3.8) is 0 Å². The molecule has 11 heavy (non-hydrogen) atoms. The monoisotopic (exact) mass is 156 g/mol. The Bertz CT molecular complexity index is 117. The number of likely N-dealkylation sites (N-methyl/N-ethyl adjacent to an activating group) is 1. The summed E-state index contributed by atoms with van der Waals surface area (Å²) in [7, 11) is 4.19. The van der Waals surface area contributed by atoms with E-state index in [9.17, 15) is 0 Å². The molecule has 2 nitrogen and oxygen atoms in total. The van der Waals surface area contributed by atoms with Gasteiger partial charge in [0.05, 0.1) is 0 Å². The van der Waals surface area contributed by atoms with Crippen molar-refractivity contribution in [2.45, 2.75) is 19.4 Å². The second kappa shape index (κ2) is 4.52. The molecule has 0 atom stereocenters. The van der Waals surface area contributed by atoms with Crippen LogP contribution >= 0.6 is 0 Å². The summed E-state index contributed by atoms with van der Waals surface area (Å²) >= 11 is 0. The molecule has 0 spiro atoms. The molecule has 0 aliphatic carbocycles. The number of nitrogens with one attached hydrogen (secondary N) is 1. The topological polar surface area (TPSA) is 15.3 Å². The first kappa shape index (κ1) is 10.7. The summed E-state index contributed by atoms with van der Waals surface area (Å²) in [6.45, 7) is 9.95. The molecule has 0 heterocycles. The Kier molecular flexibility index (Phi) is 4.38. The lowest BCUT2D eigenvalue weighted by Crippen LogP contribution is -2.46. The van der Waals surface area contributed by atoms with E-state index in [4.69, 9.17) is 0 Å². The van der Waals surface area contributed by atoms with Gasteiger partial charge in [0.1, 0.15) is 0 Å². The van der Waals surface area contributed by atoms with Crippen LogP contribution in [0.15, 0.2) is 12.7 Å². The smallest absolute Gasteiger partial charge is 0.0271 e. The minimum absolute atomic E-state index is 0.225. The Balaban J connectivity index is 3.63. The minimum Gasteiger partial charge on any atom is -0.311 e. The van der Waals surface area contributed by atoms with Crippen LogP contribution in [0.25, 0.3) is 0 Å². The van der Waals surface area contributed by atoms with Crippen molar-refractivity contribution in [3.05, 3.63) is 12.7 Å². The average molecular weight is 156 g/mol. The number of nitrogens with zero attached hydrogens (tertiary/aromatic N) is 1. The van der Waals surface area contributed by atoms with Crippen molar-refractivity contribution in [1.29, 1.82) is 0 Å². The van der Waals surface area contributed by atoms with Gasteiger partial charge in [0, 0.05) is 18.6 Å². The fraction of sp³-hybridized carbons (Fsp3) is 0.778. The van der Waals surface area contributed by atoms with Crippen LogP contribution in [-0.4, -0.2) is 37.6 Å². The molecule has 0 rings (SSSR count). The van der Waals surface area contributed by atoms with Crippen molar-refractivity contribution < 1.29 is 0 Å². The zero-order valence-electron chi connectivity index (χ0n) is 8.15. The van der Waals surface area contributed by atoms with Gasteiger partial charge in [-0.2, -0.15) is 0 Å². The van der Waals surface area contributed by atoms with E-state index in [1.165, 1.54) is 0 Å². The second-order valence-corrected chi connectivity index (χ2v) is 3.63. The molecule has 0 saturated carbocycles. The van der Waals surface area contributed by atoms with Crippen molar-refractivity contribution >= 4 is 0 Å². The second-order valence-electron chi connectivity index (χ2n) is 3.63. The third-order valence-corrected chi connectivity index (χ3v) is 2.06. The molecule has 1 N–H and O–H groups in total. The summed E-state index contributed by atoms with van der Waals surface area (Å²) in [5.74, 6) is 0. The molecular formula is C9H20N2. The Labute approximate surface area is 70.3 Å². The zero-order valence-corrected chi connectivity index (χ0v) is 8.15. The van der Waals surface area contributed by atoms with Crippen LogP contribution < -0.4 is 5.32 Å². The normalized spacial score (nSPS) is 12.1. The summed E-state index contributed by atoms with van der Waals surface area (Å²) in [6, 6.07) is 0. The van der Waals surface area contributed by atoms with E-state index in [0.717, 1.165) is 13.1 Å². The predicted molar refractivity (Wildman–Crippen MR) is 50.8 cm³/mol. The molecule has 0 bridgehead atoms. The first-order valence-corrected chi connectivity index (χ1v) is 4.00. The molecular weight excluding hydrogens is 136 g/mol. The van der Waals surface area contributed by atoms with Crippen molar-refractivity contribution in [1.82, 2.24) is 10.2 Å². The van der Waals surface area contributed by atoms with Gasteiger partial charge in [-0.05, 0) is 27.9 Å². The van der Waals surface area contributed by atoms with Crippen LogP contribution in [0.5, 0.6) is 0 Å². The van der Waals surface area contributed by atoms with Crippen LogP contribution in [0, 0.1) is 0 Å². The SMILES string of the molecule is C=CCNCC(C)(C)N(C)C. The summed E-state index contributed by atoms with van der Waals surface area (Å²) in [6.07, 6.45) is 1.88. The van der Waals surface area contributed by atoms with Gasteiger partial charge < -0.3 is 10.2 Å². The fourth-order valence-electron chi connectivity index (χ4n) is 0.638. The highest BCUT2D eigenvalue weighted by molar-refractivity contribution is 4.81. The van der Waals surface area contributed by atoms with Crippen molar-refractivity contribution in [2.24, 2.45) is 0 Å². The van der Waals surface area contributed by atoms with Crippen LogP contribution in [0.2, 0.25) is 0 Å². The van der Waals surface area contributed by atoms with Crippen molar-refractivity contribution in [2.75, 3.05) is 27.2 Å². The molecule has 0 aromatic rings. The van der Waals surface area contributed by atoms with E-state index >= 15 is 0 Å². The number of hydrogen-bond donors (Lipinski definition) is 1. The Hall–Kier alpha value is -0.340. The minimum atomic E-state index is 0.225. The Morgan fingerprint density at radius 2 is 2.00 bits per heavy atom. The highest BCUT2D eigenvalue weighted by Crippen LogP contribution is 2.07. The molecule has 0 unspecified atom stereocenters. The van der Waals surface area contributed by atoms with Crippen molar-refractivity contribution in [3.8, 4) is 0 Å². The zero-order chi connectivity index (χ0) is 8.91. The number of hydrogen-bond acceptors (Lipinski definition) is 2. The molecule has 2 heteroatoms. The quantitative estimate of drug-likeness (QED) is 0.474. The first-order valence-electron chi connectivity index (χ1n) is 4.00. The molecule has 0 amide bonds. The van der Waals surface area contributed by atoms with E-state index in [2.05, 4.69) is 44.7 Å². The molecule has 0 aromatic heterocycles.